The number of aryl methyl sites for hydroxylation is 2. The van der Waals surface area contributed by atoms with Crippen LogP contribution >= 0.6 is 12.4 Å². The molecule has 2 aromatic heterocycles. The van der Waals surface area contributed by atoms with Gasteiger partial charge in [0.25, 0.3) is 5.91 Å². The van der Waals surface area contributed by atoms with Gasteiger partial charge in [-0.1, -0.05) is 12.1 Å². The van der Waals surface area contributed by atoms with Crippen molar-refractivity contribution in [3.8, 4) is 11.3 Å². The first kappa shape index (κ1) is 23.2. The van der Waals surface area contributed by atoms with Crippen molar-refractivity contribution in [2.75, 3.05) is 11.4 Å². The number of rotatable bonds is 4. The number of halogens is 1. The van der Waals surface area contributed by atoms with Gasteiger partial charge in [0.05, 0.1) is 23.2 Å². The maximum absolute atomic E-state index is 13.7. The molecule has 5 rings (SSSR count). The molecule has 1 saturated carbocycles. The van der Waals surface area contributed by atoms with Gasteiger partial charge in [0.15, 0.2) is 0 Å². The lowest BCUT2D eigenvalue weighted by Gasteiger charge is -2.30. The van der Waals surface area contributed by atoms with Crippen molar-refractivity contribution < 1.29 is 4.79 Å². The second-order valence-electron chi connectivity index (χ2n) is 9.13. The van der Waals surface area contributed by atoms with Crippen molar-refractivity contribution in [3.05, 3.63) is 65.4 Å². The zero-order valence-electron chi connectivity index (χ0n) is 19.0. The van der Waals surface area contributed by atoms with Gasteiger partial charge in [-0.2, -0.15) is 0 Å². The number of carbonyl (C=O) groups is 1. The van der Waals surface area contributed by atoms with Crippen LogP contribution in [0.3, 0.4) is 0 Å². The molecule has 0 radical (unpaired) electrons. The number of nitrogens with zero attached hydrogens (tertiary/aromatic N) is 3. The summed E-state index contributed by atoms with van der Waals surface area (Å²) in [5.74, 6) is 0.540. The number of anilines is 1. The maximum atomic E-state index is 13.7. The number of benzene rings is 1. The molecule has 1 aliphatic heterocycles. The van der Waals surface area contributed by atoms with Crippen molar-refractivity contribution in [2.45, 2.75) is 45.6 Å². The van der Waals surface area contributed by atoms with E-state index in [0.29, 0.717) is 12.0 Å². The third kappa shape index (κ3) is 4.59. The second kappa shape index (κ2) is 9.49. The fraction of sp³-hybridized carbons (Fsp3) is 0.346. The number of amides is 1. The summed E-state index contributed by atoms with van der Waals surface area (Å²) in [5, 5.41) is 0. The molecule has 6 nitrogen and oxygen atoms in total. The molecule has 1 fully saturated rings. The van der Waals surface area contributed by atoms with Gasteiger partial charge in [0.2, 0.25) is 0 Å². The average molecular weight is 464 g/mol. The topological polar surface area (TPSA) is 87.9 Å². The Bertz CT molecular complexity index is 1180. The Kier molecular flexibility index (Phi) is 6.68. The van der Waals surface area contributed by atoms with E-state index in [-0.39, 0.29) is 18.3 Å². The second-order valence-corrected chi connectivity index (χ2v) is 9.13. The minimum atomic E-state index is 0. The van der Waals surface area contributed by atoms with E-state index in [9.17, 15) is 4.79 Å². The Morgan fingerprint density at radius 1 is 1.15 bits per heavy atom. The normalized spacial score (nSPS) is 21.2. The van der Waals surface area contributed by atoms with Gasteiger partial charge in [-0.05, 0) is 69.2 Å². The van der Waals surface area contributed by atoms with Gasteiger partial charge in [-0.25, -0.2) is 0 Å². The summed E-state index contributed by atoms with van der Waals surface area (Å²) in [6.07, 6.45) is 11.3. The van der Waals surface area contributed by atoms with E-state index in [0.717, 1.165) is 77.3 Å². The van der Waals surface area contributed by atoms with Crippen LogP contribution in [0.1, 0.15) is 48.2 Å². The number of hydrogen-bond donors (Lipinski definition) is 2. The maximum Gasteiger partial charge on any atom is 0.259 e. The van der Waals surface area contributed by atoms with Crippen LogP contribution in [0, 0.1) is 19.8 Å². The summed E-state index contributed by atoms with van der Waals surface area (Å²) in [5.41, 5.74) is 13.8. The number of carbonyl (C=O) groups excluding carboxylic acids is 1. The minimum Gasteiger partial charge on any atom is -0.359 e. The molecule has 1 amide bonds. The summed E-state index contributed by atoms with van der Waals surface area (Å²) in [7, 11) is 0. The highest BCUT2D eigenvalue weighted by Crippen LogP contribution is 2.41. The van der Waals surface area contributed by atoms with Crippen LogP contribution in [0.15, 0.2) is 42.9 Å². The Labute approximate surface area is 200 Å². The van der Waals surface area contributed by atoms with Gasteiger partial charge in [-0.3, -0.25) is 14.8 Å². The van der Waals surface area contributed by atoms with E-state index < -0.39 is 0 Å². The molecule has 2 aliphatic rings. The molecule has 0 bridgehead atoms. The molecule has 3 aromatic rings. The van der Waals surface area contributed by atoms with Crippen LogP contribution in [0.5, 0.6) is 0 Å². The van der Waals surface area contributed by atoms with Gasteiger partial charge >= 0.3 is 0 Å². The zero-order valence-corrected chi connectivity index (χ0v) is 19.9. The predicted molar refractivity (Wildman–Crippen MR) is 135 cm³/mol. The fourth-order valence-corrected chi connectivity index (χ4v) is 4.95. The van der Waals surface area contributed by atoms with Crippen LogP contribution < -0.4 is 10.6 Å². The molecular formula is C26H30ClN5O. The first-order valence-electron chi connectivity index (χ1n) is 11.4. The number of nitrogens with one attached hydrogen (secondary N) is 1. The Balaban J connectivity index is 0.00000259. The minimum absolute atomic E-state index is 0. The van der Waals surface area contributed by atoms with Gasteiger partial charge in [0, 0.05) is 47.5 Å². The molecular weight excluding hydrogens is 434 g/mol. The van der Waals surface area contributed by atoms with E-state index in [1.165, 1.54) is 0 Å². The fourth-order valence-electron chi connectivity index (χ4n) is 4.95. The van der Waals surface area contributed by atoms with Crippen molar-refractivity contribution in [3.63, 3.8) is 0 Å². The van der Waals surface area contributed by atoms with E-state index in [1.54, 1.807) is 18.6 Å². The van der Waals surface area contributed by atoms with Crippen LogP contribution in [0.2, 0.25) is 0 Å². The first-order valence-corrected chi connectivity index (χ1v) is 11.4. The quantitative estimate of drug-likeness (QED) is 0.538. The SMILES string of the molecule is Cc1cc(C)c(/C=C2\C(=O)N(CC3CCC(N)CC3)c3cc(-c4cnccn4)ccc32)[nH]1.Cl. The molecule has 3 N–H and O–H groups in total. The molecule has 33 heavy (non-hydrogen) atoms. The average Bonchev–Trinajstić information content (AvgIpc) is 3.26. The van der Waals surface area contributed by atoms with Crippen LogP contribution in [0.25, 0.3) is 22.9 Å². The molecule has 7 heteroatoms. The van der Waals surface area contributed by atoms with E-state index in [2.05, 4.69) is 34.0 Å². The summed E-state index contributed by atoms with van der Waals surface area (Å²) < 4.78 is 0. The molecule has 0 spiro atoms. The largest absolute Gasteiger partial charge is 0.359 e. The summed E-state index contributed by atoms with van der Waals surface area (Å²) in [6.45, 7) is 4.83. The lowest BCUT2D eigenvalue weighted by Crippen LogP contribution is -2.36. The number of aromatic amines is 1. The lowest BCUT2D eigenvalue weighted by molar-refractivity contribution is -0.113. The van der Waals surface area contributed by atoms with Gasteiger partial charge in [-0.15, -0.1) is 12.4 Å². The van der Waals surface area contributed by atoms with Crippen LogP contribution in [-0.4, -0.2) is 33.4 Å². The van der Waals surface area contributed by atoms with E-state index in [1.807, 2.05) is 30.0 Å². The summed E-state index contributed by atoms with van der Waals surface area (Å²) in [6, 6.07) is 8.56. The third-order valence-corrected chi connectivity index (χ3v) is 6.72. The molecule has 1 aromatic carbocycles. The molecule has 0 saturated heterocycles. The van der Waals surface area contributed by atoms with E-state index in [4.69, 9.17) is 5.73 Å². The number of nitrogens with two attached hydrogens (primary N) is 1. The third-order valence-electron chi connectivity index (χ3n) is 6.72. The number of aromatic nitrogens is 3. The molecule has 0 atom stereocenters. The molecule has 172 valence electrons. The smallest absolute Gasteiger partial charge is 0.259 e. The predicted octanol–water partition coefficient (Wildman–Crippen LogP) is 4.92. The van der Waals surface area contributed by atoms with Crippen LogP contribution in [0.4, 0.5) is 5.69 Å². The molecule has 0 unspecified atom stereocenters. The number of fused-ring (bicyclic) bond motifs is 1. The Morgan fingerprint density at radius 2 is 1.94 bits per heavy atom. The van der Waals surface area contributed by atoms with E-state index >= 15 is 0 Å². The highest BCUT2D eigenvalue weighted by molar-refractivity contribution is 6.36. The highest BCUT2D eigenvalue weighted by Gasteiger charge is 2.35. The molecule has 3 heterocycles. The standard InChI is InChI=1S/C26H29N5O.ClH/c1-16-11-17(2)30-23(16)13-22-21-8-5-19(24-14-28-9-10-29-24)12-25(21)31(26(22)32)15-18-3-6-20(27)7-4-18;/h5,8-14,18,20,30H,3-4,6-7,15,27H2,1-2H3;1H/b22-13-;. The van der Waals surface area contributed by atoms with Crippen LogP contribution in [-0.2, 0) is 4.79 Å². The van der Waals surface area contributed by atoms with Gasteiger partial charge in [0.1, 0.15) is 0 Å². The Hall–Kier alpha value is -2.96. The number of H-pyrrole nitrogens is 1. The lowest BCUT2D eigenvalue weighted by atomic mass is 9.86. The summed E-state index contributed by atoms with van der Waals surface area (Å²) in [4.78, 5) is 27.7. The van der Waals surface area contributed by atoms with Crippen molar-refractivity contribution in [1.29, 1.82) is 0 Å². The zero-order chi connectivity index (χ0) is 22.2. The first-order chi connectivity index (χ1) is 15.5. The Morgan fingerprint density at radius 3 is 2.61 bits per heavy atom. The van der Waals surface area contributed by atoms with Crippen molar-refractivity contribution >= 4 is 35.7 Å². The summed E-state index contributed by atoms with van der Waals surface area (Å²) >= 11 is 0. The van der Waals surface area contributed by atoms with Gasteiger partial charge < -0.3 is 15.6 Å². The number of hydrogen-bond acceptors (Lipinski definition) is 4. The monoisotopic (exact) mass is 463 g/mol. The molecule has 1 aliphatic carbocycles. The van der Waals surface area contributed by atoms with Crippen molar-refractivity contribution in [1.82, 2.24) is 15.0 Å². The highest BCUT2D eigenvalue weighted by atomic mass is 35.5. The van der Waals surface area contributed by atoms with Crippen molar-refractivity contribution in [2.24, 2.45) is 11.7 Å².